The number of rotatable bonds is 2. The van der Waals surface area contributed by atoms with Gasteiger partial charge in [-0.3, -0.25) is 4.57 Å². The number of carbonyl (C=O) groups is 1. The van der Waals surface area contributed by atoms with Gasteiger partial charge in [-0.25, -0.2) is 9.78 Å². The Morgan fingerprint density at radius 2 is 2.43 bits per heavy atom. The third-order valence-electron chi connectivity index (χ3n) is 1.92. The van der Waals surface area contributed by atoms with Crippen LogP contribution in [0.25, 0.3) is 6.01 Å². The molecule has 72 valence electrons. The first kappa shape index (κ1) is 8.55. The summed E-state index contributed by atoms with van der Waals surface area (Å²) < 4.78 is 6.41. The molecular formula is C9H8N2O3. The molecule has 2 aromatic rings. The van der Waals surface area contributed by atoms with Crippen LogP contribution in [0.4, 0.5) is 0 Å². The number of hydrogen-bond acceptors (Lipinski definition) is 3. The van der Waals surface area contributed by atoms with Gasteiger partial charge in [-0.2, -0.15) is 0 Å². The quantitative estimate of drug-likeness (QED) is 0.782. The van der Waals surface area contributed by atoms with E-state index in [1.165, 1.54) is 17.0 Å². The van der Waals surface area contributed by atoms with Crippen LogP contribution in [0.5, 0.6) is 0 Å². The lowest BCUT2D eigenvalue weighted by atomic mass is 10.3. The van der Waals surface area contributed by atoms with Crippen molar-refractivity contribution in [2.75, 3.05) is 0 Å². The molecule has 0 unspecified atom stereocenters. The third-order valence-corrected chi connectivity index (χ3v) is 1.92. The van der Waals surface area contributed by atoms with Crippen LogP contribution in [-0.4, -0.2) is 20.6 Å². The molecular weight excluding hydrogens is 184 g/mol. The van der Waals surface area contributed by atoms with Crippen molar-refractivity contribution in [1.82, 2.24) is 9.55 Å². The SMILES string of the molecule is Cc1ccn(-c2ncco2)c1C(=O)O. The van der Waals surface area contributed by atoms with Crippen LogP contribution in [-0.2, 0) is 0 Å². The van der Waals surface area contributed by atoms with Crippen molar-refractivity contribution in [2.24, 2.45) is 0 Å². The minimum atomic E-state index is -0.995. The number of aromatic carboxylic acids is 1. The average molecular weight is 192 g/mol. The molecule has 0 spiro atoms. The highest BCUT2D eigenvalue weighted by Gasteiger charge is 2.16. The van der Waals surface area contributed by atoms with E-state index >= 15 is 0 Å². The van der Waals surface area contributed by atoms with E-state index in [4.69, 9.17) is 9.52 Å². The van der Waals surface area contributed by atoms with E-state index in [1.807, 2.05) is 0 Å². The molecule has 5 nitrogen and oxygen atoms in total. The van der Waals surface area contributed by atoms with Gasteiger partial charge >= 0.3 is 12.0 Å². The van der Waals surface area contributed by atoms with Gasteiger partial charge in [0.15, 0.2) is 0 Å². The molecule has 0 aliphatic rings. The summed E-state index contributed by atoms with van der Waals surface area (Å²) in [5.41, 5.74) is 0.850. The zero-order chi connectivity index (χ0) is 10.1. The van der Waals surface area contributed by atoms with Crippen molar-refractivity contribution in [3.8, 4) is 6.01 Å². The highest BCUT2D eigenvalue weighted by Crippen LogP contribution is 2.14. The maximum Gasteiger partial charge on any atom is 0.353 e. The molecule has 0 aliphatic carbocycles. The largest absolute Gasteiger partial charge is 0.477 e. The number of carboxylic acids is 1. The lowest BCUT2D eigenvalue weighted by Gasteiger charge is -2.00. The fourth-order valence-electron chi connectivity index (χ4n) is 1.30. The summed E-state index contributed by atoms with van der Waals surface area (Å²) in [6.07, 6.45) is 4.48. The first-order valence-electron chi connectivity index (χ1n) is 4.01. The Labute approximate surface area is 79.6 Å². The normalized spacial score (nSPS) is 10.4. The molecule has 0 bridgehead atoms. The predicted octanol–water partition coefficient (Wildman–Crippen LogP) is 1.47. The van der Waals surface area contributed by atoms with Gasteiger partial charge < -0.3 is 9.52 Å². The molecule has 0 saturated carbocycles. The summed E-state index contributed by atoms with van der Waals surface area (Å²) in [6, 6.07) is 1.96. The average Bonchev–Trinajstić information content (AvgIpc) is 2.70. The summed E-state index contributed by atoms with van der Waals surface area (Å²) in [4.78, 5) is 14.8. The molecule has 0 atom stereocenters. The lowest BCUT2D eigenvalue weighted by Crippen LogP contribution is -2.07. The highest BCUT2D eigenvalue weighted by molar-refractivity contribution is 5.88. The summed E-state index contributed by atoms with van der Waals surface area (Å²) in [5, 5.41) is 8.94. The van der Waals surface area contributed by atoms with Crippen molar-refractivity contribution in [3.63, 3.8) is 0 Å². The van der Waals surface area contributed by atoms with Crippen LogP contribution >= 0.6 is 0 Å². The minimum absolute atomic E-state index is 0.174. The second-order valence-electron chi connectivity index (χ2n) is 2.84. The van der Waals surface area contributed by atoms with Gasteiger partial charge in [0.2, 0.25) is 0 Å². The van der Waals surface area contributed by atoms with Crippen molar-refractivity contribution in [1.29, 1.82) is 0 Å². The van der Waals surface area contributed by atoms with Gasteiger partial charge in [0.05, 0.1) is 6.20 Å². The van der Waals surface area contributed by atoms with Crippen LogP contribution in [0.2, 0.25) is 0 Å². The summed E-state index contributed by atoms with van der Waals surface area (Å²) >= 11 is 0. The Kier molecular flexibility index (Phi) is 1.85. The highest BCUT2D eigenvalue weighted by atomic mass is 16.4. The number of nitrogens with zero attached hydrogens (tertiary/aromatic N) is 2. The Balaban J connectivity index is 2.60. The summed E-state index contributed by atoms with van der Waals surface area (Å²) in [5.74, 6) is -0.995. The van der Waals surface area contributed by atoms with E-state index in [9.17, 15) is 4.79 Å². The van der Waals surface area contributed by atoms with Crippen LogP contribution in [0.15, 0.2) is 29.1 Å². The number of hydrogen-bond donors (Lipinski definition) is 1. The van der Waals surface area contributed by atoms with Gasteiger partial charge in [-0.05, 0) is 18.6 Å². The van der Waals surface area contributed by atoms with E-state index in [0.29, 0.717) is 5.56 Å². The second-order valence-corrected chi connectivity index (χ2v) is 2.84. The standard InChI is InChI=1S/C9H8N2O3/c1-6-2-4-11(7(6)8(12)13)9-10-3-5-14-9/h2-5H,1H3,(H,12,13). The van der Waals surface area contributed by atoms with E-state index in [2.05, 4.69) is 4.98 Å². The molecule has 0 amide bonds. The molecule has 1 N–H and O–H groups in total. The van der Waals surface area contributed by atoms with Gasteiger partial charge in [-0.1, -0.05) is 0 Å². The molecule has 0 saturated heterocycles. The first-order chi connectivity index (χ1) is 6.70. The number of aromatic nitrogens is 2. The third kappa shape index (κ3) is 1.19. The summed E-state index contributed by atoms with van der Waals surface area (Å²) in [6.45, 7) is 1.73. The van der Waals surface area contributed by atoms with Gasteiger partial charge in [0.25, 0.3) is 0 Å². The fraction of sp³-hybridized carbons (Fsp3) is 0.111. The molecule has 2 aromatic heterocycles. The molecule has 2 heterocycles. The molecule has 2 rings (SSSR count). The van der Waals surface area contributed by atoms with E-state index in [0.717, 1.165) is 0 Å². The Morgan fingerprint density at radius 3 is 3.00 bits per heavy atom. The smallest absolute Gasteiger partial charge is 0.353 e. The molecule has 0 fully saturated rings. The van der Waals surface area contributed by atoms with Crippen LogP contribution < -0.4 is 0 Å². The summed E-state index contributed by atoms with van der Waals surface area (Å²) in [7, 11) is 0. The first-order valence-corrected chi connectivity index (χ1v) is 4.01. The predicted molar refractivity (Wildman–Crippen MR) is 47.5 cm³/mol. The zero-order valence-corrected chi connectivity index (χ0v) is 7.47. The Bertz CT molecular complexity index is 456. The maximum atomic E-state index is 10.9. The topological polar surface area (TPSA) is 68.3 Å². The van der Waals surface area contributed by atoms with E-state index in [1.54, 1.807) is 19.2 Å². The number of carboxylic acid groups (broad SMARTS) is 1. The molecule has 0 aromatic carbocycles. The Hall–Kier alpha value is -2.04. The van der Waals surface area contributed by atoms with Crippen LogP contribution in [0.3, 0.4) is 0 Å². The van der Waals surface area contributed by atoms with Crippen molar-refractivity contribution < 1.29 is 14.3 Å². The maximum absolute atomic E-state index is 10.9. The Morgan fingerprint density at radius 1 is 1.64 bits per heavy atom. The minimum Gasteiger partial charge on any atom is -0.477 e. The number of oxazole rings is 1. The van der Waals surface area contributed by atoms with Gasteiger partial charge in [0, 0.05) is 6.20 Å². The van der Waals surface area contributed by atoms with Crippen LogP contribution in [0, 0.1) is 6.92 Å². The lowest BCUT2D eigenvalue weighted by molar-refractivity contribution is 0.0686. The van der Waals surface area contributed by atoms with E-state index in [-0.39, 0.29) is 11.7 Å². The van der Waals surface area contributed by atoms with Crippen LogP contribution in [0.1, 0.15) is 16.1 Å². The van der Waals surface area contributed by atoms with Crippen molar-refractivity contribution in [2.45, 2.75) is 6.92 Å². The zero-order valence-electron chi connectivity index (χ0n) is 7.47. The number of aryl methyl sites for hydroxylation is 1. The molecule has 0 aliphatic heterocycles. The second kappa shape index (κ2) is 3.02. The van der Waals surface area contributed by atoms with E-state index < -0.39 is 5.97 Å². The van der Waals surface area contributed by atoms with Gasteiger partial charge in [-0.15, -0.1) is 0 Å². The molecule has 5 heteroatoms. The molecule has 0 radical (unpaired) electrons. The monoisotopic (exact) mass is 192 g/mol. The van der Waals surface area contributed by atoms with Crippen molar-refractivity contribution in [3.05, 3.63) is 36.0 Å². The molecule has 14 heavy (non-hydrogen) atoms. The fourth-order valence-corrected chi connectivity index (χ4v) is 1.30. The van der Waals surface area contributed by atoms with Gasteiger partial charge in [0.1, 0.15) is 12.0 Å². The van der Waals surface area contributed by atoms with Crippen molar-refractivity contribution >= 4 is 5.97 Å².